The molecule has 0 radical (unpaired) electrons. The number of ether oxygens (including phenoxy) is 1. The first-order valence-corrected chi connectivity index (χ1v) is 7.66. The van der Waals surface area contributed by atoms with Crippen LogP contribution in [0.5, 0.6) is 0 Å². The van der Waals surface area contributed by atoms with E-state index in [2.05, 4.69) is 19.2 Å². The summed E-state index contributed by atoms with van der Waals surface area (Å²) in [4.78, 5) is 0. The molecule has 20 heavy (non-hydrogen) atoms. The molecule has 1 atom stereocenters. The van der Waals surface area contributed by atoms with Gasteiger partial charge in [-0.15, -0.1) is 0 Å². The molecule has 2 nitrogen and oxygen atoms in total. The molecule has 0 heterocycles. The highest BCUT2D eigenvalue weighted by Gasteiger charge is 2.42. The molecule has 0 aromatic heterocycles. The Bertz CT molecular complexity index is 427. The van der Waals surface area contributed by atoms with Crippen LogP contribution in [0.4, 0.5) is 4.39 Å². The zero-order chi connectivity index (χ0) is 14.6. The number of nitrogens with one attached hydrogen (secondary N) is 1. The fraction of sp³-hybridized carbons (Fsp3) is 0.647. The van der Waals surface area contributed by atoms with E-state index in [4.69, 9.17) is 4.74 Å². The largest absolute Gasteiger partial charge is 0.376 e. The number of benzene rings is 1. The van der Waals surface area contributed by atoms with Gasteiger partial charge >= 0.3 is 0 Å². The fourth-order valence-corrected chi connectivity index (χ4v) is 3.35. The maximum absolute atomic E-state index is 14.2. The van der Waals surface area contributed by atoms with Gasteiger partial charge in [-0.1, -0.05) is 32.0 Å². The van der Waals surface area contributed by atoms with Gasteiger partial charge in [-0.2, -0.15) is 0 Å². The van der Waals surface area contributed by atoms with Gasteiger partial charge in [0, 0.05) is 12.7 Å². The summed E-state index contributed by atoms with van der Waals surface area (Å²) >= 11 is 0. The highest BCUT2D eigenvalue weighted by Crippen LogP contribution is 2.43. The second-order valence-electron chi connectivity index (χ2n) is 5.96. The third kappa shape index (κ3) is 3.04. The number of methoxy groups -OCH3 is 1. The number of halogens is 1. The van der Waals surface area contributed by atoms with Gasteiger partial charge in [0.15, 0.2) is 0 Å². The maximum atomic E-state index is 14.2. The molecule has 1 unspecified atom stereocenters. The van der Waals surface area contributed by atoms with Crippen molar-refractivity contribution in [2.24, 2.45) is 5.92 Å². The lowest BCUT2D eigenvalue weighted by Gasteiger charge is -2.44. The lowest BCUT2D eigenvalue weighted by Crippen LogP contribution is -2.48. The zero-order valence-electron chi connectivity index (χ0n) is 12.8. The highest BCUT2D eigenvalue weighted by molar-refractivity contribution is 5.25. The Morgan fingerprint density at radius 3 is 2.55 bits per heavy atom. The second kappa shape index (κ2) is 6.68. The van der Waals surface area contributed by atoms with Gasteiger partial charge in [0.05, 0.1) is 11.6 Å². The molecule has 1 saturated carbocycles. The minimum atomic E-state index is -0.287. The molecule has 1 fully saturated rings. The number of hydrogen-bond acceptors (Lipinski definition) is 2. The van der Waals surface area contributed by atoms with Gasteiger partial charge < -0.3 is 10.1 Å². The third-order valence-corrected chi connectivity index (χ3v) is 4.68. The van der Waals surface area contributed by atoms with Crippen molar-refractivity contribution in [3.05, 3.63) is 35.6 Å². The van der Waals surface area contributed by atoms with Crippen LogP contribution in [0.1, 0.15) is 51.1 Å². The molecule has 0 bridgehead atoms. The van der Waals surface area contributed by atoms with Gasteiger partial charge in [-0.25, -0.2) is 4.39 Å². The third-order valence-electron chi connectivity index (χ3n) is 4.68. The van der Waals surface area contributed by atoms with Crippen LogP contribution in [0.15, 0.2) is 24.3 Å². The van der Waals surface area contributed by atoms with E-state index in [-0.39, 0.29) is 17.5 Å². The minimum Gasteiger partial charge on any atom is -0.376 e. The van der Waals surface area contributed by atoms with E-state index in [1.54, 1.807) is 13.2 Å². The predicted octanol–water partition coefficient (Wildman–Crippen LogP) is 4.07. The van der Waals surface area contributed by atoms with E-state index in [1.165, 1.54) is 6.07 Å². The van der Waals surface area contributed by atoms with E-state index < -0.39 is 0 Å². The molecule has 3 heteroatoms. The first-order valence-electron chi connectivity index (χ1n) is 7.66. The molecule has 0 aliphatic heterocycles. The van der Waals surface area contributed by atoms with Gasteiger partial charge in [0.2, 0.25) is 0 Å². The van der Waals surface area contributed by atoms with Crippen LogP contribution >= 0.6 is 0 Å². The summed E-state index contributed by atoms with van der Waals surface area (Å²) in [5.41, 5.74) is 0.441. The van der Waals surface area contributed by atoms with Crippen LogP contribution in [-0.2, 0) is 4.74 Å². The molecule has 1 aliphatic carbocycles. The van der Waals surface area contributed by atoms with Crippen LogP contribution in [0.25, 0.3) is 0 Å². The lowest BCUT2D eigenvalue weighted by atomic mass is 9.73. The summed E-state index contributed by atoms with van der Waals surface area (Å²) in [6.07, 6.45) is 4.25. The number of rotatable bonds is 5. The van der Waals surface area contributed by atoms with Gasteiger partial charge in [-0.05, 0) is 44.2 Å². The quantitative estimate of drug-likeness (QED) is 0.877. The van der Waals surface area contributed by atoms with E-state index in [9.17, 15) is 4.39 Å². The highest BCUT2D eigenvalue weighted by atomic mass is 19.1. The summed E-state index contributed by atoms with van der Waals surface area (Å²) in [6, 6.07) is 6.98. The van der Waals surface area contributed by atoms with E-state index >= 15 is 0 Å². The topological polar surface area (TPSA) is 21.3 Å². The smallest absolute Gasteiger partial charge is 0.128 e. The van der Waals surface area contributed by atoms with E-state index in [0.29, 0.717) is 0 Å². The van der Waals surface area contributed by atoms with Crippen LogP contribution in [-0.4, -0.2) is 19.3 Å². The normalized spacial score (nSPS) is 28.3. The Morgan fingerprint density at radius 2 is 2.00 bits per heavy atom. The first-order chi connectivity index (χ1) is 9.63. The summed E-state index contributed by atoms with van der Waals surface area (Å²) in [7, 11) is 1.77. The van der Waals surface area contributed by atoms with Crippen LogP contribution in [0, 0.1) is 11.7 Å². The minimum absolute atomic E-state index is 0.0776. The molecule has 2 rings (SSSR count). The first kappa shape index (κ1) is 15.5. The van der Waals surface area contributed by atoms with Crippen LogP contribution < -0.4 is 5.32 Å². The molecule has 112 valence electrons. The zero-order valence-corrected chi connectivity index (χ0v) is 12.8. The Morgan fingerprint density at radius 1 is 1.35 bits per heavy atom. The standard InChI is InChI=1S/C17H26FNO/c1-4-19-16(14-7-5-6-8-15(14)18)17(20-3)11-9-13(2)10-12-17/h5-8,13,16,19H,4,9-12H2,1-3H3. The lowest BCUT2D eigenvalue weighted by molar-refractivity contribution is -0.0764. The SMILES string of the molecule is CCNC(c1ccccc1F)C1(OC)CCC(C)CC1. The molecular formula is C17H26FNO. The van der Waals surface area contributed by atoms with E-state index in [0.717, 1.165) is 43.7 Å². The van der Waals surface area contributed by atoms with Crippen molar-refractivity contribution in [1.29, 1.82) is 0 Å². The predicted molar refractivity (Wildman–Crippen MR) is 80.2 cm³/mol. The Balaban J connectivity index is 2.33. The van der Waals surface area contributed by atoms with Crippen molar-refractivity contribution >= 4 is 0 Å². The van der Waals surface area contributed by atoms with Crippen LogP contribution in [0.2, 0.25) is 0 Å². The molecule has 0 saturated heterocycles. The van der Waals surface area contributed by atoms with Crippen molar-refractivity contribution in [2.45, 2.75) is 51.2 Å². The Hall–Kier alpha value is -0.930. The average Bonchev–Trinajstić information content (AvgIpc) is 2.47. The molecule has 1 aromatic rings. The van der Waals surface area contributed by atoms with Gasteiger partial charge in [0.1, 0.15) is 5.82 Å². The number of likely N-dealkylation sites (N-methyl/N-ethyl adjacent to an activating group) is 1. The van der Waals surface area contributed by atoms with Crippen molar-refractivity contribution < 1.29 is 9.13 Å². The Labute approximate surface area is 121 Å². The van der Waals surface area contributed by atoms with Crippen molar-refractivity contribution in [1.82, 2.24) is 5.32 Å². The monoisotopic (exact) mass is 279 g/mol. The van der Waals surface area contributed by atoms with E-state index in [1.807, 2.05) is 12.1 Å². The number of hydrogen-bond donors (Lipinski definition) is 1. The molecule has 0 spiro atoms. The van der Waals surface area contributed by atoms with Gasteiger partial charge in [-0.3, -0.25) is 0 Å². The molecule has 0 amide bonds. The molecule has 1 N–H and O–H groups in total. The van der Waals surface area contributed by atoms with Crippen molar-refractivity contribution in [2.75, 3.05) is 13.7 Å². The summed E-state index contributed by atoms with van der Waals surface area (Å²) < 4.78 is 20.1. The summed E-state index contributed by atoms with van der Waals surface area (Å²) in [6.45, 7) is 5.15. The Kier molecular flexibility index (Phi) is 5.17. The van der Waals surface area contributed by atoms with Crippen molar-refractivity contribution in [3.8, 4) is 0 Å². The molecule has 1 aliphatic rings. The summed E-state index contributed by atoms with van der Waals surface area (Å²) in [5, 5.41) is 3.45. The maximum Gasteiger partial charge on any atom is 0.128 e. The summed E-state index contributed by atoms with van der Waals surface area (Å²) in [5.74, 6) is 0.592. The second-order valence-corrected chi connectivity index (χ2v) is 5.96. The van der Waals surface area contributed by atoms with Crippen molar-refractivity contribution in [3.63, 3.8) is 0 Å². The van der Waals surface area contributed by atoms with Crippen LogP contribution in [0.3, 0.4) is 0 Å². The average molecular weight is 279 g/mol. The fourth-order valence-electron chi connectivity index (χ4n) is 3.35. The molecule has 1 aromatic carbocycles. The van der Waals surface area contributed by atoms with Gasteiger partial charge in [0.25, 0.3) is 0 Å². The molecular weight excluding hydrogens is 253 g/mol.